The van der Waals surface area contributed by atoms with Crippen molar-refractivity contribution in [2.45, 2.75) is 26.1 Å². The van der Waals surface area contributed by atoms with E-state index >= 15 is 0 Å². The Kier molecular flexibility index (Phi) is 3.44. The molecule has 3 aromatic rings. The number of nitrogens with one attached hydrogen (secondary N) is 1. The Morgan fingerprint density at radius 3 is 3.00 bits per heavy atom. The van der Waals surface area contributed by atoms with Crippen LogP contribution in [0.15, 0.2) is 43.0 Å². The van der Waals surface area contributed by atoms with Crippen molar-refractivity contribution in [3.63, 3.8) is 0 Å². The highest BCUT2D eigenvalue weighted by Crippen LogP contribution is 2.20. The summed E-state index contributed by atoms with van der Waals surface area (Å²) in [6.07, 6.45) is 8.57. The SMILES string of the molecule is c1cc(Cn2ccnc2-c2cc3n(n2)CCCNC3)ccn1. The third-order valence-electron chi connectivity index (χ3n) is 3.94. The minimum Gasteiger partial charge on any atom is -0.325 e. The monoisotopic (exact) mass is 294 g/mol. The molecule has 6 heteroatoms. The second-order valence-electron chi connectivity index (χ2n) is 5.51. The van der Waals surface area contributed by atoms with Crippen LogP contribution in [0.3, 0.4) is 0 Å². The molecule has 0 bridgehead atoms. The summed E-state index contributed by atoms with van der Waals surface area (Å²) in [6, 6.07) is 6.19. The molecule has 1 aliphatic heterocycles. The first-order valence-corrected chi connectivity index (χ1v) is 7.58. The van der Waals surface area contributed by atoms with E-state index in [9.17, 15) is 0 Å². The number of rotatable bonds is 3. The lowest BCUT2D eigenvalue weighted by Gasteiger charge is -2.06. The average molecular weight is 294 g/mol. The molecule has 0 radical (unpaired) electrons. The van der Waals surface area contributed by atoms with Gasteiger partial charge in [-0.1, -0.05) is 0 Å². The summed E-state index contributed by atoms with van der Waals surface area (Å²) < 4.78 is 4.23. The summed E-state index contributed by atoms with van der Waals surface area (Å²) in [5.41, 5.74) is 3.38. The molecule has 0 spiro atoms. The number of nitrogens with zero attached hydrogens (tertiary/aromatic N) is 5. The molecule has 0 saturated heterocycles. The molecule has 22 heavy (non-hydrogen) atoms. The summed E-state index contributed by atoms with van der Waals surface area (Å²) in [4.78, 5) is 8.56. The molecule has 0 aromatic carbocycles. The minimum absolute atomic E-state index is 0.776. The van der Waals surface area contributed by atoms with Gasteiger partial charge in [0.2, 0.25) is 0 Å². The summed E-state index contributed by atoms with van der Waals surface area (Å²) in [6.45, 7) is 3.67. The first kappa shape index (κ1) is 13.2. The van der Waals surface area contributed by atoms with Crippen molar-refractivity contribution in [3.8, 4) is 11.5 Å². The van der Waals surface area contributed by atoms with E-state index in [0.717, 1.165) is 44.1 Å². The number of aryl methyl sites for hydroxylation is 1. The van der Waals surface area contributed by atoms with Gasteiger partial charge in [0.05, 0.1) is 5.69 Å². The maximum Gasteiger partial charge on any atom is 0.160 e. The van der Waals surface area contributed by atoms with Crippen LogP contribution in [0, 0.1) is 0 Å². The molecule has 0 amide bonds. The highest BCUT2D eigenvalue weighted by molar-refractivity contribution is 5.50. The predicted octanol–water partition coefficient (Wildman–Crippen LogP) is 1.68. The molecule has 0 aliphatic carbocycles. The quantitative estimate of drug-likeness (QED) is 0.798. The zero-order valence-corrected chi connectivity index (χ0v) is 12.3. The van der Waals surface area contributed by atoms with Crippen LogP contribution in [0.4, 0.5) is 0 Å². The molecular weight excluding hydrogens is 276 g/mol. The Morgan fingerprint density at radius 2 is 2.09 bits per heavy atom. The van der Waals surface area contributed by atoms with Gasteiger partial charge < -0.3 is 9.88 Å². The topological polar surface area (TPSA) is 60.6 Å². The van der Waals surface area contributed by atoms with Gasteiger partial charge in [-0.3, -0.25) is 9.67 Å². The van der Waals surface area contributed by atoms with Gasteiger partial charge in [0.25, 0.3) is 0 Å². The summed E-state index contributed by atoms with van der Waals surface area (Å²) >= 11 is 0. The maximum atomic E-state index is 4.74. The molecule has 0 atom stereocenters. The van der Waals surface area contributed by atoms with E-state index < -0.39 is 0 Å². The van der Waals surface area contributed by atoms with Gasteiger partial charge in [-0.2, -0.15) is 5.10 Å². The lowest BCUT2D eigenvalue weighted by Crippen LogP contribution is -2.11. The van der Waals surface area contributed by atoms with Gasteiger partial charge in [-0.05, 0) is 36.7 Å². The van der Waals surface area contributed by atoms with Crippen LogP contribution < -0.4 is 5.32 Å². The first-order chi connectivity index (χ1) is 10.9. The van der Waals surface area contributed by atoms with Gasteiger partial charge in [-0.25, -0.2) is 4.98 Å². The third kappa shape index (κ3) is 2.53. The fourth-order valence-corrected chi connectivity index (χ4v) is 2.83. The third-order valence-corrected chi connectivity index (χ3v) is 3.94. The average Bonchev–Trinajstić information content (AvgIpc) is 3.10. The normalized spacial score (nSPS) is 14.5. The highest BCUT2D eigenvalue weighted by Gasteiger charge is 2.15. The largest absolute Gasteiger partial charge is 0.325 e. The molecular formula is C16H18N6. The maximum absolute atomic E-state index is 4.74. The Labute approximate surface area is 128 Å². The van der Waals surface area contributed by atoms with E-state index in [0.29, 0.717) is 0 Å². The van der Waals surface area contributed by atoms with Gasteiger partial charge in [0.1, 0.15) is 5.69 Å². The van der Waals surface area contributed by atoms with Crippen LogP contribution in [0.5, 0.6) is 0 Å². The zero-order valence-electron chi connectivity index (χ0n) is 12.3. The minimum atomic E-state index is 0.776. The smallest absolute Gasteiger partial charge is 0.160 e. The molecule has 0 fully saturated rings. The molecule has 6 nitrogen and oxygen atoms in total. The Hall–Kier alpha value is -2.47. The molecule has 1 N–H and O–H groups in total. The van der Waals surface area contributed by atoms with Crippen molar-refractivity contribution >= 4 is 0 Å². The van der Waals surface area contributed by atoms with Crippen LogP contribution in [0.1, 0.15) is 17.7 Å². The Balaban J connectivity index is 1.65. The predicted molar refractivity (Wildman–Crippen MR) is 83.1 cm³/mol. The molecule has 112 valence electrons. The molecule has 1 aliphatic rings. The Morgan fingerprint density at radius 1 is 1.18 bits per heavy atom. The highest BCUT2D eigenvalue weighted by atomic mass is 15.3. The number of hydrogen-bond acceptors (Lipinski definition) is 4. The lowest BCUT2D eigenvalue weighted by atomic mass is 10.2. The van der Waals surface area contributed by atoms with Gasteiger partial charge in [0.15, 0.2) is 5.82 Å². The zero-order chi connectivity index (χ0) is 14.8. The molecule has 4 heterocycles. The number of aromatic nitrogens is 5. The van der Waals surface area contributed by atoms with E-state index in [4.69, 9.17) is 5.10 Å². The lowest BCUT2D eigenvalue weighted by molar-refractivity contribution is 0.588. The van der Waals surface area contributed by atoms with E-state index in [-0.39, 0.29) is 0 Å². The summed E-state index contributed by atoms with van der Waals surface area (Å²) in [5.74, 6) is 0.914. The number of hydrogen-bond donors (Lipinski definition) is 1. The second-order valence-corrected chi connectivity index (χ2v) is 5.51. The van der Waals surface area contributed by atoms with Crippen LogP contribution in [-0.4, -0.2) is 30.9 Å². The number of pyridine rings is 1. The summed E-state index contributed by atoms with van der Waals surface area (Å²) in [7, 11) is 0. The molecule has 3 aromatic heterocycles. The van der Waals surface area contributed by atoms with Crippen molar-refractivity contribution in [1.29, 1.82) is 0 Å². The second kappa shape index (κ2) is 5.73. The van der Waals surface area contributed by atoms with Crippen LogP contribution in [-0.2, 0) is 19.6 Å². The number of imidazole rings is 1. The van der Waals surface area contributed by atoms with E-state index in [1.807, 2.05) is 36.9 Å². The summed E-state index contributed by atoms with van der Waals surface area (Å²) in [5, 5.41) is 8.16. The first-order valence-electron chi connectivity index (χ1n) is 7.58. The molecule has 0 unspecified atom stereocenters. The number of fused-ring (bicyclic) bond motifs is 1. The van der Waals surface area contributed by atoms with Crippen LogP contribution >= 0.6 is 0 Å². The molecule has 0 saturated carbocycles. The van der Waals surface area contributed by atoms with Crippen molar-refractivity contribution in [2.24, 2.45) is 0 Å². The van der Waals surface area contributed by atoms with Gasteiger partial charge in [-0.15, -0.1) is 0 Å². The van der Waals surface area contributed by atoms with Crippen LogP contribution in [0.25, 0.3) is 11.5 Å². The van der Waals surface area contributed by atoms with E-state index in [1.54, 1.807) is 0 Å². The fraction of sp³-hybridized carbons (Fsp3) is 0.312. The van der Waals surface area contributed by atoms with Gasteiger partial charge in [0, 0.05) is 44.4 Å². The van der Waals surface area contributed by atoms with Crippen molar-refractivity contribution in [2.75, 3.05) is 6.54 Å². The van der Waals surface area contributed by atoms with Crippen molar-refractivity contribution in [3.05, 3.63) is 54.2 Å². The molecule has 4 rings (SSSR count). The van der Waals surface area contributed by atoms with E-state index in [1.165, 1.54) is 11.3 Å². The fourth-order valence-electron chi connectivity index (χ4n) is 2.83. The van der Waals surface area contributed by atoms with Gasteiger partial charge >= 0.3 is 0 Å². The standard InChI is InChI=1S/C16H18N6/c1-4-18-11-14-10-15(20-22(14)8-1)16-19-7-9-21(16)12-13-2-5-17-6-3-13/h2-3,5-7,9-10,18H,1,4,8,11-12H2. The Bertz CT molecular complexity index is 735. The van der Waals surface area contributed by atoms with E-state index in [2.05, 4.69) is 30.6 Å². The van der Waals surface area contributed by atoms with Crippen molar-refractivity contribution < 1.29 is 0 Å². The van der Waals surface area contributed by atoms with Crippen molar-refractivity contribution in [1.82, 2.24) is 29.6 Å². The van der Waals surface area contributed by atoms with Crippen LogP contribution in [0.2, 0.25) is 0 Å².